The lowest BCUT2D eigenvalue weighted by Crippen LogP contribution is -2.25. The molecule has 28 heavy (non-hydrogen) atoms. The molecule has 1 atom stereocenters. The van der Waals surface area contributed by atoms with E-state index in [0.717, 1.165) is 37.0 Å². The zero-order valence-electron chi connectivity index (χ0n) is 15.4. The summed E-state index contributed by atoms with van der Waals surface area (Å²) in [4.78, 5) is 24.2. The number of rotatable bonds is 5. The molecule has 0 aliphatic carbocycles. The van der Waals surface area contributed by atoms with Crippen LogP contribution in [-0.4, -0.2) is 29.0 Å². The predicted octanol–water partition coefficient (Wildman–Crippen LogP) is 3.58. The largest absolute Gasteiger partial charge is 0.460 e. The molecule has 6 heteroatoms. The Bertz CT molecular complexity index is 1020. The molecule has 0 amide bonds. The van der Waals surface area contributed by atoms with E-state index in [0.29, 0.717) is 17.0 Å². The molecule has 1 fully saturated rings. The maximum atomic E-state index is 12.7. The monoisotopic (exact) mass is 372 g/mol. The lowest BCUT2D eigenvalue weighted by Gasteiger charge is -2.21. The van der Waals surface area contributed by atoms with Gasteiger partial charge in [0.05, 0.1) is 17.1 Å². The van der Waals surface area contributed by atoms with Gasteiger partial charge in [0.1, 0.15) is 12.3 Å². The van der Waals surface area contributed by atoms with Gasteiger partial charge in [-0.15, -0.1) is 0 Å². The Kier molecular flexibility index (Phi) is 5.16. The fraction of sp³-hybridized carbons (Fsp3) is 0.273. The summed E-state index contributed by atoms with van der Waals surface area (Å²) in [5, 5.41) is 9.75. The van der Waals surface area contributed by atoms with Gasteiger partial charge in [0.15, 0.2) is 11.7 Å². The van der Waals surface area contributed by atoms with Crippen LogP contribution in [0.4, 0.5) is 5.82 Å². The Labute approximate surface area is 163 Å². The van der Waals surface area contributed by atoms with Crippen LogP contribution in [0.2, 0.25) is 0 Å². The van der Waals surface area contributed by atoms with Crippen molar-refractivity contribution in [1.29, 1.82) is 5.26 Å². The summed E-state index contributed by atoms with van der Waals surface area (Å²) < 4.78 is 5.42. The van der Waals surface area contributed by atoms with E-state index >= 15 is 0 Å². The van der Waals surface area contributed by atoms with Crippen molar-refractivity contribution in [1.82, 2.24) is 9.97 Å². The summed E-state index contributed by atoms with van der Waals surface area (Å²) in [5.74, 6) is -1.10. The van der Waals surface area contributed by atoms with Gasteiger partial charge in [-0.2, -0.15) is 5.26 Å². The van der Waals surface area contributed by atoms with E-state index in [1.165, 1.54) is 0 Å². The van der Waals surface area contributed by atoms with Crippen LogP contribution in [0, 0.1) is 11.3 Å². The van der Waals surface area contributed by atoms with Gasteiger partial charge in [-0.05, 0) is 30.5 Å². The van der Waals surface area contributed by atoms with Crippen LogP contribution in [0.1, 0.15) is 30.0 Å². The molecule has 2 aromatic carbocycles. The van der Waals surface area contributed by atoms with E-state index in [2.05, 4.69) is 16.0 Å². The van der Waals surface area contributed by atoms with E-state index in [4.69, 9.17) is 9.72 Å². The molecule has 3 aromatic rings. The zero-order chi connectivity index (χ0) is 19.3. The Hall–Kier alpha value is -3.46. The van der Waals surface area contributed by atoms with E-state index in [-0.39, 0.29) is 6.61 Å². The highest BCUT2D eigenvalue weighted by atomic mass is 16.5. The van der Waals surface area contributed by atoms with Gasteiger partial charge in [0.25, 0.3) is 0 Å². The SMILES string of the molecule is N#C[C@@H](C(=O)OCc1ccccc1)c1nc2ccccc2nc1N1CCCC1. The van der Waals surface area contributed by atoms with E-state index in [1.807, 2.05) is 54.6 Å². The molecule has 0 saturated carbocycles. The minimum absolute atomic E-state index is 0.123. The Morgan fingerprint density at radius 1 is 1.04 bits per heavy atom. The van der Waals surface area contributed by atoms with Crippen LogP contribution in [0.25, 0.3) is 11.0 Å². The van der Waals surface area contributed by atoms with Gasteiger partial charge in [0.2, 0.25) is 0 Å². The molecule has 0 bridgehead atoms. The summed E-state index contributed by atoms with van der Waals surface area (Å²) in [7, 11) is 0. The lowest BCUT2D eigenvalue weighted by molar-refractivity contribution is -0.145. The van der Waals surface area contributed by atoms with Gasteiger partial charge in [0, 0.05) is 13.1 Å². The molecule has 1 aromatic heterocycles. The van der Waals surface area contributed by atoms with Crippen LogP contribution < -0.4 is 4.90 Å². The normalized spacial score (nSPS) is 14.6. The fourth-order valence-corrected chi connectivity index (χ4v) is 3.40. The summed E-state index contributed by atoms with van der Waals surface area (Å²) in [6, 6.07) is 19.0. The minimum Gasteiger partial charge on any atom is -0.460 e. The summed E-state index contributed by atoms with van der Waals surface area (Å²) >= 11 is 0. The first-order chi connectivity index (χ1) is 13.8. The summed E-state index contributed by atoms with van der Waals surface area (Å²) in [6.45, 7) is 1.81. The van der Waals surface area contributed by atoms with Crippen LogP contribution in [0.3, 0.4) is 0 Å². The van der Waals surface area contributed by atoms with E-state index in [9.17, 15) is 10.1 Å². The van der Waals surface area contributed by atoms with Gasteiger partial charge in [-0.25, -0.2) is 9.97 Å². The standard InChI is InChI=1S/C22H20N4O2/c23-14-17(22(27)28-15-16-8-2-1-3-9-16)20-21(26-12-6-7-13-26)25-19-11-5-4-10-18(19)24-20/h1-5,8-11,17H,6-7,12-13,15H2/t17-/m1/s1. The second kappa shape index (κ2) is 8.05. The topological polar surface area (TPSA) is 79.1 Å². The predicted molar refractivity (Wildman–Crippen MR) is 106 cm³/mol. The van der Waals surface area contributed by atoms with Crippen molar-refractivity contribution >= 4 is 22.8 Å². The number of aromatic nitrogens is 2. The number of benzene rings is 2. The van der Waals surface area contributed by atoms with Gasteiger partial charge in [-0.3, -0.25) is 4.79 Å². The number of esters is 1. The molecule has 6 nitrogen and oxygen atoms in total. The second-order valence-corrected chi connectivity index (χ2v) is 6.77. The maximum absolute atomic E-state index is 12.7. The third-order valence-corrected chi connectivity index (χ3v) is 4.85. The molecular weight excluding hydrogens is 352 g/mol. The van der Waals surface area contributed by atoms with Crippen molar-refractivity contribution < 1.29 is 9.53 Å². The van der Waals surface area contributed by atoms with Crippen molar-refractivity contribution in [3.8, 4) is 6.07 Å². The maximum Gasteiger partial charge on any atom is 0.330 e. The van der Waals surface area contributed by atoms with Crippen molar-refractivity contribution in [2.75, 3.05) is 18.0 Å². The minimum atomic E-state index is -1.11. The molecule has 0 radical (unpaired) electrons. The quantitative estimate of drug-likeness (QED) is 0.637. The number of hydrogen-bond acceptors (Lipinski definition) is 6. The summed E-state index contributed by atoms with van der Waals surface area (Å²) in [5.41, 5.74) is 2.66. The molecule has 2 heterocycles. The average Bonchev–Trinajstić information content (AvgIpc) is 3.28. The number of hydrogen-bond donors (Lipinski definition) is 0. The Morgan fingerprint density at radius 2 is 1.68 bits per heavy atom. The number of fused-ring (bicyclic) bond motifs is 1. The molecule has 1 aliphatic heterocycles. The Balaban J connectivity index is 1.67. The first kappa shape index (κ1) is 17.9. The van der Waals surface area contributed by atoms with Crippen molar-refractivity contribution in [3.63, 3.8) is 0 Å². The van der Waals surface area contributed by atoms with Crippen LogP contribution in [-0.2, 0) is 16.1 Å². The molecule has 1 saturated heterocycles. The highest BCUT2D eigenvalue weighted by Crippen LogP contribution is 2.30. The number of anilines is 1. The first-order valence-electron chi connectivity index (χ1n) is 9.38. The third kappa shape index (κ3) is 3.65. The van der Waals surface area contributed by atoms with Crippen molar-refractivity contribution in [2.24, 2.45) is 0 Å². The number of carbonyl (C=O) groups is 1. The first-order valence-corrected chi connectivity index (χ1v) is 9.38. The molecule has 0 N–H and O–H groups in total. The Morgan fingerprint density at radius 3 is 2.36 bits per heavy atom. The van der Waals surface area contributed by atoms with E-state index in [1.54, 1.807) is 0 Å². The highest BCUT2D eigenvalue weighted by Gasteiger charge is 2.30. The smallest absolute Gasteiger partial charge is 0.330 e. The molecule has 140 valence electrons. The van der Waals surface area contributed by atoms with Gasteiger partial charge < -0.3 is 9.64 Å². The lowest BCUT2D eigenvalue weighted by atomic mass is 10.1. The number of ether oxygens (including phenoxy) is 1. The molecular formula is C22H20N4O2. The fourth-order valence-electron chi connectivity index (χ4n) is 3.40. The number of nitrogens with zero attached hydrogens (tertiary/aromatic N) is 4. The highest BCUT2D eigenvalue weighted by molar-refractivity contribution is 5.85. The van der Waals surface area contributed by atoms with E-state index < -0.39 is 11.9 Å². The van der Waals surface area contributed by atoms with Crippen LogP contribution in [0.5, 0.6) is 0 Å². The molecule has 0 spiro atoms. The molecule has 1 aliphatic rings. The van der Waals surface area contributed by atoms with Gasteiger partial charge >= 0.3 is 5.97 Å². The number of nitriles is 1. The third-order valence-electron chi connectivity index (χ3n) is 4.85. The zero-order valence-corrected chi connectivity index (χ0v) is 15.4. The van der Waals surface area contributed by atoms with Crippen molar-refractivity contribution in [3.05, 3.63) is 65.9 Å². The molecule has 4 rings (SSSR count). The number of para-hydroxylation sites is 2. The molecule has 0 unspecified atom stereocenters. The van der Waals surface area contributed by atoms with Crippen molar-refractivity contribution in [2.45, 2.75) is 25.4 Å². The van der Waals surface area contributed by atoms with Gasteiger partial charge in [-0.1, -0.05) is 42.5 Å². The van der Waals surface area contributed by atoms with Crippen LogP contribution in [0.15, 0.2) is 54.6 Å². The van der Waals surface area contributed by atoms with Crippen LogP contribution >= 0.6 is 0 Å². The number of carbonyl (C=O) groups excluding carboxylic acids is 1. The summed E-state index contributed by atoms with van der Waals surface area (Å²) in [6.07, 6.45) is 2.12. The second-order valence-electron chi connectivity index (χ2n) is 6.77. The average molecular weight is 372 g/mol.